The highest BCUT2D eigenvalue weighted by Crippen LogP contribution is 2.29. The summed E-state index contributed by atoms with van der Waals surface area (Å²) in [6, 6.07) is 2.92. The maximum absolute atomic E-state index is 9.14. The maximum Gasteiger partial charge on any atom is 0.0672 e. The van der Waals surface area contributed by atoms with Crippen molar-refractivity contribution in [2.75, 3.05) is 26.8 Å². The molecule has 0 aromatic rings. The highest BCUT2D eigenvalue weighted by molar-refractivity contribution is 4.97. The van der Waals surface area contributed by atoms with Gasteiger partial charge < -0.3 is 4.74 Å². The van der Waals surface area contributed by atoms with E-state index in [0.717, 1.165) is 26.1 Å². The van der Waals surface area contributed by atoms with E-state index in [1.54, 1.807) is 7.11 Å². The SMILES string of the molecule is COCCN(CC(C)C)C1CCCC1C#N. The molecule has 0 aromatic carbocycles. The van der Waals surface area contributed by atoms with Gasteiger partial charge >= 0.3 is 0 Å². The molecule has 92 valence electrons. The first kappa shape index (κ1) is 13.5. The van der Waals surface area contributed by atoms with E-state index in [2.05, 4.69) is 24.8 Å². The maximum atomic E-state index is 9.14. The van der Waals surface area contributed by atoms with E-state index < -0.39 is 0 Å². The van der Waals surface area contributed by atoms with E-state index in [1.165, 1.54) is 12.8 Å². The molecule has 1 saturated carbocycles. The Labute approximate surface area is 99.4 Å². The minimum absolute atomic E-state index is 0.232. The van der Waals surface area contributed by atoms with Gasteiger partial charge in [-0.1, -0.05) is 20.3 Å². The zero-order valence-electron chi connectivity index (χ0n) is 10.8. The summed E-state index contributed by atoms with van der Waals surface area (Å²) in [5.41, 5.74) is 0. The fraction of sp³-hybridized carbons (Fsp3) is 0.923. The van der Waals surface area contributed by atoms with Crippen LogP contribution >= 0.6 is 0 Å². The normalized spacial score (nSPS) is 25.2. The van der Waals surface area contributed by atoms with Gasteiger partial charge in [0.25, 0.3) is 0 Å². The fourth-order valence-electron chi connectivity index (χ4n) is 2.60. The van der Waals surface area contributed by atoms with Crippen LogP contribution in [0.2, 0.25) is 0 Å². The number of methoxy groups -OCH3 is 1. The van der Waals surface area contributed by atoms with Gasteiger partial charge in [0, 0.05) is 26.2 Å². The summed E-state index contributed by atoms with van der Waals surface area (Å²) in [6.45, 7) is 7.26. The molecular weight excluding hydrogens is 200 g/mol. The lowest BCUT2D eigenvalue weighted by molar-refractivity contribution is 0.102. The van der Waals surface area contributed by atoms with Crippen LogP contribution in [0.5, 0.6) is 0 Å². The molecule has 0 saturated heterocycles. The molecule has 0 spiro atoms. The highest BCUT2D eigenvalue weighted by atomic mass is 16.5. The van der Waals surface area contributed by atoms with Gasteiger partial charge in [0.2, 0.25) is 0 Å². The second-order valence-electron chi connectivity index (χ2n) is 5.12. The van der Waals surface area contributed by atoms with Gasteiger partial charge in [0.15, 0.2) is 0 Å². The van der Waals surface area contributed by atoms with E-state index in [0.29, 0.717) is 12.0 Å². The molecule has 0 radical (unpaired) electrons. The number of nitriles is 1. The van der Waals surface area contributed by atoms with Crippen molar-refractivity contribution in [3.63, 3.8) is 0 Å². The Bertz CT molecular complexity index is 235. The van der Waals surface area contributed by atoms with Gasteiger partial charge in [-0.25, -0.2) is 0 Å². The predicted octanol–water partition coefficient (Wildman–Crippen LogP) is 2.28. The standard InChI is InChI=1S/C13H24N2O/c1-11(2)10-15(7-8-16-3)13-6-4-5-12(13)9-14/h11-13H,4-8,10H2,1-3H3. The zero-order chi connectivity index (χ0) is 12.0. The lowest BCUT2D eigenvalue weighted by Crippen LogP contribution is -2.41. The van der Waals surface area contributed by atoms with Crippen LogP contribution in [0, 0.1) is 23.2 Å². The molecular formula is C13H24N2O. The van der Waals surface area contributed by atoms with Crippen LogP contribution in [-0.2, 0) is 4.74 Å². The average Bonchev–Trinajstić information content (AvgIpc) is 2.71. The largest absolute Gasteiger partial charge is 0.383 e. The van der Waals surface area contributed by atoms with Gasteiger partial charge in [0.05, 0.1) is 18.6 Å². The first-order chi connectivity index (χ1) is 7.69. The number of rotatable bonds is 6. The predicted molar refractivity (Wildman–Crippen MR) is 65.0 cm³/mol. The van der Waals surface area contributed by atoms with Crippen LogP contribution in [0.25, 0.3) is 0 Å². The van der Waals surface area contributed by atoms with E-state index in [9.17, 15) is 0 Å². The molecule has 2 atom stereocenters. The number of hydrogen-bond donors (Lipinski definition) is 0. The molecule has 2 unspecified atom stereocenters. The summed E-state index contributed by atoms with van der Waals surface area (Å²) >= 11 is 0. The van der Waals surface area contributed by atoms with Gasteiger partial charge in [-0.05, 0) is 18.8 Å². The van der Waals surface area contributed by atoms with Crippen molar-refractivity contribution in [1.29, 1.82) is 5.26 Å². The van der Waals surface area contributed by atoms with Crippen LogP contribution < -0.4 is 0 Å². The first-order valence-corrected chi connectivity index (χ1v) is 6.31. The minimum Gasteiger partial charge on any atom is -0.383 e. The minimum atomic E-state index is 0.232. The van der Waals surface area contributed by atoms with Gasteiger partial charge in [-0.3, -0.25) is 4.90 Å². The van der Waals surface area contributed by atoms with Crippen LogP contribution in [0.15, 0.2) is 0 Å². The lowest BCUT2D eigenvalue weighted by Gasteiger charge is -2.31. The monoisotopic (exact) mass is 224 g/mol. The molecule has 0 bridgehead atoms. The van der Waals surface area contributed by atoms with Crippen molar-refractivity contribution in [2.45, 2.75) is 39.2 Å². The Balaban J connectivity index is 2.56. The molecule has 1 rings (SSSR count). The van der Waals surface area contributed by atoms with Crippen LogP contribution in [0.1, 0.15) is 33.1 Å². The van der Waals surface area contributed by atoms with E-state index >= 15 is 0 Å². The molecule has 1 fully saturated rings. The Kier molecular flexibility index (Phi) is 5.79. The average molecular weight is 224 g/mol. The third-order valence-corrected chi connectivity index (χ3v) is 3.30. The van der Waals surface area contributed by atoms with Crippen molar-refractivity contribution < 1.29 is 4.74 Å². The van der Waals surface area contributed by atoms with Crippen molar-refractivity contribution in [1.82, 2.24) is 4.90 Å². The summed E-state index contributed by atoms with van der Waals surface area (Å²) in [6.07, 6.45) is 3.45. The molecule has 0 amide bonds. The summed E-state index contributed by atoms with van der Waals surface area (Å²) in [7, 11) is 1.74. The van der Waals surface area contributed by atoms with Crippen molar-refractivity contribution in [2.24, 2.45) is 11.8 Å². The Morgan fingerprint density at radius 1 is 1.44 bits per heavy atom. The third kappa shape index (κ3) is 3.77. The van der Waals surface area contributed by atoms with E-state index in [1.807, 2.05) is 0 Å². The number of ether oxygens (including phenoxy) is 1. The smallest absolute Gasteiger partial charge is 0.0672 e. The molecule has 1 aliphatic carbocycles. The molecule has 0 heterocycles. The van der Waals surface area contributed by atoms with Crippen LogP contribution in [-0.4, -0.2) is 37.7 Å². The van der Waals surface area contributed by atoms with Gasteiger partial charge in [-0.15, -0.1) is 0 Å². The van der Waals surface area contributed by atoms with Crippen molar-refractivity contribution in [3.8, 4) is 6.07 Å². The molecule has 3 heteroatoms. The van der Waals surface area contributed by atoms with E-state index in [4.69, 9.17) is 10.00 Å². The quantitative estimate of drug-likeness (QED) is 0.694. The molecule has 0 N–H and O–H groups in total. The number of hydrogen-bond acceptors (Lipinski definition) is 3. The van der Waals surface area contributed by atoms with Crippen LogP contribution in [0.4, 0.5) is 0 Å². The molecule has 3 nitrogen and oxygen atoms in total. The van der Waals surface area contributed by atoms with Crippen molar-refractivity contribution in [3.05, 3.63) is 0 Å². The van der Waals surface area contributed by atoms with Gasteiger partial charge in [-0.2, -0.15) is 5.26 Å². The Morgan fingerprint density at radius 2 is 2.19 bits per heavy atom. The Morgan fingerprint density at radius 3 is 2.75 bits per heavy atom. The first-order valence-electron chi connectivity index (χ1n) is 6.31. The molecule has 1 aliphatic rings. The Hall–Kier alpha value is -0.590. The summed E-state index contributed by atoms with van der Waals surface area (Å²) in [5.74, 6) is 0.882. The topological polar surface area (TPSA) is 36.3 Å². The second-order valence-corrected chi connectivity index (χ2v) is 5.12. The zero-order valence-corrected chi connectivity index (χ0v) is 10.8. The second kappa shape index (κ2) is 6.88. The highest BCUT2D eigenvalue weighted by Gasteiger charge is 2.31. The van der Waals surface area contributed by atoms with E-state index in [-0.39, 0.29) is 5.92 Å². The molecule has 0 aliphatic heterocycles. The summed E-state index contributed by atoms with van der Waals surface area (Å²) in [5, 5.41) is 9.14. The molecule has 0 aromatic heterocycles. The fourth-order valence-corrected chi connectivity index (χ4v) is 2.60. The summed E-state index contributed by atoms with van der Waals surface area (Å²) < 4.78 is 5.16. The van der Waals surface area contributed by atoms with Crippen LogP contribution in [0.3, 0.4) is 0 Å². The third-order valence-electron chi connectivity index (χ3n) is 3.30. The van der Waals surface area contributed by atoms with Crippen molar-refractivity contribution >= 4 is 0 Å². The number of nitrogens with zero attached hydrogens (tertiary/aromatic N) is 2. The summed E-state index contributed by atoms with van der Waals surface area (Å²) in [4.78, 5) is 2.45. The lowest BCUT2D eigenvalue weighted by atomic mass is 10.0. The molecule has 16 heavy (non-hydrogen) atoms. The van der Waals surface area contributed by atoms with Gasteiger partial charge in [0.1, 0.15) is 0 Å².